The summed E-state index contributed by atoms with van der Waals surface area (Å²) >= 11 is 5.91. The van der Waals surface area contributed by atoms with Crippen molar-refractivity contribution in [2.45, 2.75) is 38.8 Å². The molecule has 6 heteroatoms. The van der Waals surface area contributed by atoms with Gasteiger partial charge in [0.15, 0.2) is 0 Å². The summed E-state index contributed by atoms with van der Waals surface area (Å²) in [4.78, 5) is 26.1. The van der Waals surface area contributed by atoms with Gasteiger partial charge in [-0.25, -0.2) is 0 Å². The number of benzene rings is 1. The molecule has 128 valence electrons. The second-order valence-electron chi connectivity index (χ2n) is 6.71. The van der Waals surface area contributed by atoms with Gasteiger partial charge in [0, 0.05) is 18.7 Å². The van der Waals surface area contributed by atoms with Gasteiger partial charge >= 0.3 is 0 Å². The lowest BCUT2D eigenvalue weighted by Gasteiger charge is -2.28. The number of phenolic OH excluding ortho intramolecular Hbond substituents is 1. The highest BCUT2D eigenvalue weighted by molar-refractivity contribution is 6.43. The number of ketones is 1. The largest absolute Gasteiger partial charge is 0.508 e. The predicted octanol–water partition coefficient (Wildman–Crippen LogP) is 3.24. The number of hydrogen-bond acceptors (Lipinski definition) is 4. The number of phenols is 1. The van der Waals surface area contributed by atoms with Crippen molar-refractivity contribution in [3.05, 3.63) is 34.4 Å². The van der Waals surface area contributed by atoms with E-state index in [1.807, 2.05) is 0 Å². The van der Waals surface area contributed by atoms with Crippen molar-refractivity contribution >= 4 is 23.3 Å². The van der Waals surface area contributed by atoms with Crippen LogP contribution in [-0.2, 0) is 11.2 Å². The molecule has 0 saturated carbocycles. The molecule has 1 amide bonds. The summed E-state index contributed by atoms with van der Waals surface area (Å²) in [6.07, 6.45) is 3.82. The third-order valence-corrected chi connectivity index (χ3v) is 4.87. The average Bonchev–Trinajstić information content (AvgIpc) is 2.92. The van der Waals surface area contributed by atoms with Crippen molar-refractivity contribution < 1.29 is 19.4 Å². The number of amides is 1. The molecule has 0 aliphatic carbocycles. The van der Waals surface area contributed by atoms with E-state index in [1.54, 1.807) is 0 Å². The van der Waals surface area contributed by atoms with E-state index in [4.69, 9.17) is 16.3 Å². The molecule has 1 atom stereocenters. The number of aromatic hydroxyl groups is 1. The number of Topliss-reactive ketones (excluding diaryl/α,β-unsaturated/α-hetero) is 1. The van der Waals surface area contributed by atoms with E-state index in [0.29, 0.717) is 29.2 Å². The minimum Gasteiger partial charge on any atom is -0.508 e. The van der Waals surface area contributed by atoms with Crippen molar-refractivity contribution in [3.8, 4) is 11.5 Å². The van der Waals surface area contributed by atoms with E-state index < -0.39 is 11.6 Å². The van der Waals surface area contributed by atoms with Crippen LogP contribution in [0.2, 0.25) is 0 Å². The van der Waals surface area contributed by atoms with Gasteiger partial charge in [-0.05, 0) is 30.9 Å². The first-order valence-electron chi connectivity index (χ1n) is 8.03. The second-order valence-corrected chi connectivity index (χ2v) is 7.12. The minimum atomic E-state index is -1.53. The molecule has 2 aliphatic heterocycles. The average molecular weight is 350 g/mol. The van der Waals surface area contributed by atoms with Gasteiger partial charge in [0.25, 0.3) is 11.6 Å². The Bertz CT molecular complexity index is 756. The molecule has 1 spiro atoms. The first-order valence-corrected chi connectivity index (χ1v) is 8.41. The molecule has 0 unspecified atom stereocenters. The van der Waals surface area contributed by atoms with Crippen molar-refractivity contribution in [3.63, 3.8) is 0 Å². The summed E-state index contributed by atoms with van der Waals surface area (Å²) in [6.45, 7) is 4.27. The van der Waals surface area contributed by atoms with Crippen molar-refractivity contribution in [2.24, 2.45) is 5.92 Å². The highest BCUT2D eigenvalue weighted by Gasteiger charge is 2.56. The Labute approximate surface area is 145 Å². The fourth-order valence-electron chi connectivity index (χ4n) is 3.19. The normalized spacial score (nSPS) is 22.4. The molecule has 2 heterocycles. The Balaban J connectivity index is 1.99. The standard InChI is InChI=1S/C18H20ClNO4/c1-10(2)5-4-6-11-14(21)8-7-12-15(11)24-18(16(12)22)9-13(19)17(23)20(18)3/h7-10,21H,4-6H2,1-3H3/t18-/m0/s1. The number of rotatable bonds is 4. The second kappa shape index (κ2) is 5.81. The van der Waals surface area contributed by atoms with E-state index in [1.165, 1.54) is 30.2 Å². The van der Waals surface area contributed by atoms with Crippen LogP contribution >= 0.6 is 11.6 Å². The summed E-state index contributed by atoms with van der Waals surface area (Å²) in [5.74, 6) is 0.214. The SMILES string of the molecule is CC(C)CCCc1c(O)ccc2c1O[C@@]1(C=C(Cl)C(=O)N1C)C2=O. The Hall–Kier alpha value is -2.01. The van der Waals surface area contributed by atoms with Gasteiger partial charge in [0.05, 0.1) is 5.56 Å². The minimum absolute atomic E-state index is 0.0377. The first kappa shape index (κ1) is 16.8. The molecule has 1 aromatic carbocycles. The smallest absolute Gasteiger partial charge is 0.270 e. The molecule has 1 aromatic rings. The third kappa shape index (κ3) is 2.38. The topological polar surface area (TPSA) is 66.8 Å². The fraction of sp³-hybridized carbons (Fsp3) is 0.444. The summed E-state index contributed by atoms with van der Waals surface area (Å²) in [7, 11) is 1.48. The molecule has 2 aliphatic rings. The van der Waals surface area contributed by atoms with Gasteiger partial charge in [-0.1, -0.05) is 31.9 Å². The van der Waals surface area contributed by atoms with Crippen LogP contribution in [0.15, 0.2) is 23.2 Å². The molecule has 24 heavy (non-hydrogen) atoms. The lowest BCUT2D eigenvalue weighted by Crippen LogP contribution is -2.51. The maximum atomic E-state index is 12.9. The number of carbonyl (C=O) groups is 2. The van der Waals surface area contributed by atoms with Crippen LogP contribution in [0.5, 0.6) is 11.5 Å². The summed E-state index contributed by atoms with van der Waals surface area (Å²) in [5, 5.41) is 10.2. The summed E-state index contributed by atoms with van der Waals surface area (Å²) in [6, 6.07) is 3.04. The Morgan fingerprint density at radius 3 is 2.62 bits per heavy atom. The molecular weight excluding hydrogens is 330 g/mol. The zero-order chi connectivity index (χ0) is 17.6. The van der Waals surface area contributed by atoms with E-state index in [0.717, 1.165) is 12.8 Å². The van der Waals surface area contributed by atoms with E-state index in [2.05, 4.69) is 13.8 Å². The van der Waals surface area contributed by atoms with Gasteiger partial charge in [-0.3, -0.25) is 14.5 Å². The third-order valence-electron chi connectivity index (χ3n) is 4.60. The van der Waals surface area contributed by atoms with E-state index >= 15 is 0 Å². The monoisotopic (exact) mass is 349 g/mol. The molecule has 1 N–H and O–H groups in total. The molecule has 3 rings (SSSR count). The lowest BCUT2D eigenvalue weighted by atomic mass is 9.97. The number of ether oxygens (including phenoxy) is 1. The van der Waals surface area contributed by atoms with Crippen molar-refractivity contribution in [2.75, 3.05) is 7.05 Å². The van der Waals surface area contributed by atoms with Gasteiger partial charge in [-0.2, -0.15) is 0 Å². The number of nitrogens with zero attached hydrogens (tertiary/aromatic N) is 1. The van der Waals surface area contributed by atoms with Crippen LogP contribution < -0.4 is 4.74 Å². The number of halogens is 1. The molecule has 0 fully saturated rings. The lowest BCUT2D eigenvalue weighted by molar-refractivity contribution is -0.131. The van der Waals surface area contributed by atoms with Crippen LogP contribution in [0.25, 0.3) is 0 Å². The van der Waals surface area contributed by atoms with Crippen LogP contribution in [0.3, 0.4) is 0 Å². The highest BCUT2D eigenvalue weighted by atomic mass is 35.5. The van der Waals surface area contributed by atoms with Crippen LogP contribution in [0.1, 0.15) is 42.6 Å². The van der Waals surface area contributed by atoms with Gasteiger partial charge in [0.1, 0.15) is 16.5 Å². The molecule has 0 radical (unpaired) electrons. The van der Waals surface area contributed by atoms with Gasteiger partial charge in [-0.15, -0.1) is 0 Å². The zero-order valence-electron chi connectivity index (χ0n) is 13.9. The van der Waals surface area contributed by atoms with Crippen molar-refractivity contribution in [1.29, 1.82) is 0 Å². The molecular formula is C18H20ClNO4. The maximum Gasteiger partial charge on any atom is 0.270 e. The number of fused-ring (bicyclic) bond motifs is 1. The molecule has 0 saturated heterocycles. The van der Waals surface area contributed by atoms with Crippen LogP contribution in [0, 0.1) is 5.92 Å². The number of carbonyl (C=O) groups excluding carboxylic acids is 2. The Morgan fingerprint density at radius 1 is 1.33 bits per heavy atom. The molecule has 5 nitrogen and oxygen atoms in total. The van der Waals surface area contributed by atoms with Gasteiger partial charge < -0.3 is 9.84 Å². The van der Waals surface area contributed by atoms with Crippen LogP contribution in [-0.4, -0.2) is 34.5 Å². The number of hydrogen-bond donors (Lipinski definition) is 1. The quantitative estimate of drug-likeness (QED) is 0.906. The van der Waals surface area contributed by atoms with Crippen LogP contribution in [0.4, 0.5) is 0 Å². The Kier molecular flexibility index (Phi) is 4.08. The van der Waals surface area contributed by atoms with E-state index in [9.17, 15) is 14.7 Å². The zero-order valence-corrected chi connectivity index (χ0v) is 14.7. The Morgan fingerprint density at radius 2 is 2.04 bits per heavy atom. The highest BCUT2D eigenvalue weighted by Crippen LogP contribution is 2.46. The van der Waals surface area contributed by atoms with Crippen molar-refractivity contribution in [1.82, 2.24) is 4.90 Å². The summed E-state index contributed by atoms with van der Waals surface area (Å²) < 4.78 is 5.92. The van der Waals surface area contributed by atoms with Gasteiger partial charge in [0.2, 0.25) is 5.78 Å². The molecule has 0 bridgehead atoms. The number of likely N-dealkylation sites (N-methyl/N-ethyl adjacent to an activating group) is 1. The summed E-state index contributed by atoms with van der Waals surface area (Å²) in [5.41, 5.74) is -0.554. The molecule has 0 aromatic heterocycles. The predicted molar refractivity (Wildman–Crippen MR) is 90.3 cm³/mol. The fourth-order valence-corrected chi connectivity index (χ4v) is 3.47. The van der Waals surface area contributed by atoms with E-state index in [-0.39, 0.29) is 16.6 Å². The maximum absolute atomic E-state index is 12.9. The first-order chi connectivity index (χ1) is 11.3.